The van der Waals surface area contributed by atoms with Gasteiger partial charge in [0.1, 0.15) is 5.78 Å². The van der Waals surface area contributed by atoms with E-state index < -0.39 is 0 Å². The first-order valence-corrected chi connectivity index (χ1v) is 5.53. The van der Waals surface area contributed by atoms with Gasteiger partial charge in [0, 0.05) is 25.1 Å². The summed E-state index contributed by atoms with van der Waals surface area (Å²) in [4.78, 5) is 11.2. The monoisotopic (exact) mass is 215 g/mol. The number of benzene rings is 1. The third-order valence-electron chi connectivity index (χ3n) is 2.93. The van der Waals surface area contributed by atoms with Gasteiger partial charge in [-0.3, -0.25) is 4.79 Å². The molecule has 1 aromatic carbocycles. The fourth-order valence-corrected chi connectivity index (χ4v) is 2.45. The van der Waals surface area contributed by atoms with Crippen LogP contribution in [0.1, 0.15) is 23.6 Å². The molecule has 0 aliphatic carbocycles. The van der Waals surface area contributed by atoms with Crippen LogP contribution in [0, 0.1) is 13.8 Å². The summed E-state index contributed by atoms with van der Waals surface area (Å²) in [6, 6.07) is 4.35. The standard InChI is InChI=1S/C14H17NO/c1-9-5-10(2)14-13(6-9)12(7-11(3)16)8-15(14)4/h5-6,8H,7H2,1-4H3. The van der Waals surface area contributed by atoms with Gasteiger partial charge in [0.2, 0.25) is 0 Å². The van der Waals surface area contributed by atoms with Crippen LogP contribution >= 0.6 is 0 Å². The van der Waals surface area contributed by atoms with E-state index in [-0.39, 0.29) is 5.78 Å². The van der Waals surface area contributed by atoms with Crippen molar-refractivity contribution in [2.45, 2.75) is 27.2 Å². The van der Waals surface area contributed by atoms with E-state index in [4.69, 9.17) is 0 Å². The number of carbonyl (C=O) groups excluding carboxylic acids is 1. The lowest BCUT2D eigenvalue weighted by Crippen LogP contribution is -1.95. The summed E-state index contributed by atoms with van der Waals surface area (Å²) in [6.45, 7) is 5.85. The van der Waals surface area contributed by atoms with E-state index in [2.05, 4.69) is 36.7 Å². The van der Waals surface area contributed by atoms with Crippen LogP contribution in [-0.2, 0) is 18.3 Å². The fourth-order valence-electron chi connectivity index (χ4n) is 2.45. The third-order valence-corrected chi connectivity index (χ3v) is 2.93. The first-order chi connectivity index (χ1) is 7.49. The molecule has 2 aromatic rings. The normalized spacial score (nSPS) is 11.0. The zero-order valence-corrected chi connectivity index (χ0v) is 10.3. The number of ketones is 1. The molecule has 0 aliphatic heterocycles. The number of aryl methyl sites for hydroxylation is 3. The summed E-state index contributed by atoms with van der Waals surface area (Å²) >= 11 is 0. The highest BCUT2D eigenvalue weighted by atomic mass is 16.1. The molecule has 0 spiro atoms. The summed E-state index contributed by atoms with van der Waals surface area (Å²) in [7, 11) is 2.04. The zero-order valence-electron chi connectivity index (χ0n) is 10.3. The van der Waals surface area contributed by atoms with E-state index in [0.29, 0.717) is 6.42 Å². The van der Waals surface area contributed by atoms with Gasteiger partial charge in [0.25, 0.3) is 0 Å². The molecule has 1 aromatic heterocycles. The Kier molecular flexibility index (Phi) is 2.58. The first-order valence-electron chi connectivity index (χ1n) is 5.53. The van der Waals surface area contributed by atoms with E-state index in [1.807, 2.05) is 7.05 Å². The van der Waals surface area contributed by atoms with Crippen LogP contribution in [0.15, 0.2) is 18.3 Å². The van der Waals surface area contributed by atoms with Crippen molar-refractivity contribution >= 4 is 16.7 Å². The highest BCUT2D eigenvalue weighted by molar-refractivity contribution is 5.91. The number of nitrogens with zero attached hydrogens (tertiary/aromatic N) is 1. The number of hydrogen-bond acceptors (Lipinski definition) is 1. The van der Waals surface area contributed by atoms with Gasteiger partial charge >= 0.3 is 0 Å². The molecule has 0 saturated carbocycles. The van der Waals surface area contributed by atoms with Gasteiger partial charge in [-0.15, -0.1) is 0 Å². The number of aromatic nitrogens is 1. The lowest BCUT2D eigenvalue weighted by molar-refractivity contribution is -0.116. The van der Waals surface area contributed by atoms with Gasteiger partial charge in [-0.05, 0) is 38.0 Å². The molecule has 0 unspecified atom stereocenters. The second-order valence-electron chi connectivity index (χ2n) is 4.62. The molecule has 16 heavy (non-hydrogen) atoms. The van der Waals surface area contributed by atoms with Crippen LogP contribution in [0.4, 0.5) is 0 Å². The molecule has 0 radical (unpaired) electrons. The van der Waals surface area contributed by atoms with E-state index in [0.717, 1.165) is 5.56 Å². The number of hydrogen-bond donors (Lipinski definition) is 0. The number of carbonyl (C=O) groups is 1. The van der Waals surface area contributed by atoms with Gasteiger partial charge in [0.15, 0.2) is 0 Å². The minimum Gasteiger partial charge on any atom is -0.350 e. The molecule has 0 N–H and O–H groups in total. The summed E-state index contributed by atoms with van der Waals surface area (Å²) in [5, 5.41) is 1.22. The van der Waals surface area contributed by atoms with E-state index in [1.165, 1.54) is 22.0 Å². The van der Waals surface area contributed by atoms with Crippen molar-refractivity contribution in [3.8, 4) is 0 Å². The van der Waals surface area contributed by atoms with Gasteiger partial charge in [-0.25, -0.2) is 0 Å². The van der Waals surface area contributed by atoms with E-state index >= 15 is 0 Å². The van der Waals surface area contributed by atoms with E-state index in [9.17, 15) is 4.79 Å². The van der Waals surface area contributed by atoms with Crippen LogP contribution in [-0.4, -0.2) is 10.4 Å². The van der Waals surface area contributed by atoms with Crippen molar-refractivity contribution in [2.75, 3.05) is 0 Å². The molecule has 0 saturated heterocycles. The molecule has 2 rings (SSSR count). The minimum absolute atomic E-state index is 0.214. The van der Waals surface area contributed by atoms with Crippen LogP contribution in [0.3, 0.4) is 0 Å². The Morgan fingerprint density at radius 3 is 2.62 bits per heavy atom. The van der Waals surface area contributed by atoms with Crippen molar-refractivity contribution < 1.29 is 4.79 Å². The molecule has 1 heterocycles. The fraction of sp³-hybridized carbons (Fsp3) is 0.357. The molecule has 2 heteroatoms. The lowest BCUT2D eigenvalue weighted by Gasteiger charge is -2.03. The Morgan fingerprint density at radius 1 is 1.31 bits per heavy atom. The highest BCUT2D eigenvalue weighted by Gasteiger charge is 2.10. The summed E-state index contributed by atoms with van der Waals surface area (Å²) in [5.41, 5.74) is 4.90. The Bertz CT molecular complexity index is 564. The van der Waals surface area contributed by atoms with Crippen LogP contribution in [0.5, 0.6) is 0 Å². The molecule has 0 atom stereocenters. The van der Waals surface area contributed by atoms with Crippen molar-refractivity contribution in [1.82, 2.24) is 4.57 Å². The second-order valence-corrected chi connectivity index (χ2v) is 4.62. The Morgan fingerprint density at radius 2 is 2.00 bits per heavy atom. The maximum atomic E-state index is 11.2. The summed E-state index contributed by atoms with van der Waals surface area (Å²) in [5.74, 6) is 0.214. The van der Waals surface area contributed by atoms with Crippen LogP contribution < -0.4 is 0 Å². The predicted octanol–water partition coefficient (Wildman–Crippen LogP) is 2.93. The topological polar surface area (TPSA) is 22.0 Å². The quantitative estimate of drug-likeness (QED) is 0.755. The molecular weight excluding hydrogens is 198 g/mol. The van der Waals surface area contributed by atoms with Crippen molar-refractivity contribution in [3.63, 3.8) is 0 Å². The highest BCUT2D eigenvalue weighted by Crippen LogP contribution is 2.25. The maximum absolute atomic E-state index is 11.2. The summed E-state index contributed by atoms with van der Waals surface area (Å²) in [6.07, 6.45) is 2.60. The number of Topliss-reactive ketones (excluding diaryl/α,β-unsaturated/α-hetero) is 1. The van der Waals surface area contributed by atoms with Crippen LogP contribution in [0.2, 0.25) is 0 Å². The zero-order chi connectivity index (χ0) is 11.9. The molecule has 0 amide bonds. The van der Waals surface area contributed by atoms with Crippen molar-refractivity contribution in [3.05, 3.63) is 35.0 Å². The summed E-state index contributed by atoms with van der Waals surface area (Å²) < 4.78 is 2.11. The molecule has 84 valence electrons. The predicted molar refractivity (Wildman–Crippen MR) is 66.8 cm³/mol. The minimum atomic E-state index is 0.214. The first kappa shape index (κ1) is 10.9. The smallest absolute Gasteiger partial charge is 0.134 e. The molecule has 0 aliphatic rings. The van der Waals surface area contributed by atoms with Gasteiger partial charge in [0.05, 0.1) is 5.52 Å². The average molecular weight is 215 g/mol. The molecule has 0 fully saturated rings. The Labute approximate surface area is 95.9 Å². The van der Waals surface area contributed by atoms with Crippen molar-refractivity contribution in [1.29, 1.82) is 0 Å². The molecule has 2 nitrogen and oxygen atoms in total. The number of rotatable bonds is 2. The Balaban J connectivity index is 2.72. The van der Waals surface area contributed by atoms with Crippen molar-refractivity contribution in [2.24, 2.45) is 7.05 Å². The Hall–Kier alpha value is -1.57. The molecular formula is C14H17NO. The van der Waals surface area contributed by atoms with Gasteiger partial charge in [-0.1, -0.05) is 11.6 Å². The largest absolute Gasteiger partial charge is 0.350 e. The molecule has 0 bridgehead atoms. The van der Waals surface area contributed by atoms with Crippen LogP contribution in [0.25, 0.3) is 10.9 Å². The second kappa shape index (κ2) is 3.78. The number of fused-ring (bicyclic) bond motifs is 1. The maximum Gasteiger partial charge on any atom is 0.134 e. The van der Waals surface area contributed by atoms with E-state index in [1.54, 1.807) is 6.92 Å². The SMILES string of the molecule is CC(=O)Cc1cn(C)c2c(C)cc(C)cc12. The van der Waals surface area contributed by atoms with Gasteiger partial charge < -0.3 is 4.57 Å². The van der Waals surface area contributed by atoms with Gasteiger partial charge in [-0.2, -0.15) is 0 Å². The average Bonchev–Trinajstić information content (AvgIpc) is 2.41. The third kappa shape index (κ3) is 1.75. The lowest BCUT2D eigenvalue weighted by atomic mass is 10.0.